The van der Waals surface area contributed by atoms with Crippen molar-refractivity contribution in [3.8, 4) is 0 Å². The Morgan fingerprint density at radius 1 is 1.10 bits per heavy atom. The van der Waals surface area contributed by atoms with Crippen molar-refractivity contribution < 1.29 is 9.59 Å². The quantitative estimate of drug-likeness (QED) is 0.774. The first-order chi connectivity index (χ1) is 14.6. The molecule has 30 heavy (non-hydrogen) atoms. The molecule has 0 spiro atoms. The van der Waals surface area contributed by atoms with E-state index < -0.39 is 0 Å². The minimum atomic E-state index is -0.116. The van der Waals surface area contributed by atoms with E-state index in [-0.39, 0.29) is 23.8 Å². The van der Waals surface area contributed by atoms with E-state index in [1.807, 2.05) is 17.9 Å². The first-order valence-corrected chi connectivity index (χ1v) is 11.9. The summed E-state index contributed by atoms with van der Waals surface area (Å²) in [6.07, 6.45) is 3.40. The summed E-state index contributed by atoms with van der Waals surface area (Å²) in [5, 5.41) is 5.14. The first kappa shape index (κ1) is 21.1. The van der Waals surface area contributed by atoms with E-state index in [2.05, 4.69) is 45.9 Å². The van der Waals surface area contributed by atoms with Crippen LogP contribution in [-0.2, 0) is 29.0 Å². The van der Waals surface area contributed by atoms with Crippen molar-refractivity contribution in [2.75, 3.05) is 26.2 Å². The Hall–Kier alpha value is -2.18. The largest absolute Gasteiger partial charge is 0.355 e. The van der Waals surface area contributed by atoms with Crippen LogP contribution in [-0.4, -0.2) is 53.8 Å². The Morgan fingerprint density at radius 2 is 1.87 bits per heavy atom. The first-order valence-electron chi connectivity index (χ1n) is 11.0. The van der Waals surface area contributed by atoms with Gasteiger partial charge in [0.2, 0.25) is 11.8 Å². The number of fused-ring (bicyclic) bond motifs is 1. The molecule has 2 amide bonds. The maximum atomic E-state index is 13.1. The highest BCUT2D eigenvalue weighted by Gasteiger charge is 2.32. The number of hydrogen-bond acceptors (Lipinski definition) is 4. The zero-order chi connectivity index (χ0) is 20.9. The van der Waals surface area contributed by atoms with E-state index in [0.717, 1.165) is 38.8 Å². The van der Waals surface area contributed by atoms with Crippen LogP contribution in [0, 0.1) is 5.92 Å². The van der Waals surface area contributed by atoms with Crippen molar-refractivity contribution in [3.63, 3.8) is 0 Å². The Balaban J connectivity index is 1.22. The number of rotatable bonds is 6. The van der Waals surface area contributed by atoms with Gasteiger partial charge in [-0.1, -0.05) is 30.3 Å². The van der Waals surface area contributed by atoms with Crippen LogP contribution < -0.4 is 5.32 Å². The molecule has 160 valence electrons. The van der Waals surface area contributed by atoms with Gasteiger partial charge in [-0.25, -0.2) is 0 Å². The van der Waals surface area contributed by atoms with Crippen LogP contribution in [0.4, 0.5) is 0 Å². The molecule has 0 saturated carbocycles. The molecule has 1 aromatic heterocycles. The molecular weight excluding hydrogens is 394 g/mol. The van der Waals surface area contributed by atoms with Gasteiger partial charge in [0.05, 0.1) is 6.04 Å². The molecule has 6 heteroatoms. The molecule has 4 rings (SSSR count). The average Bonchev–Trinajstić information content (AvgIpc) is 3.31. The standard InChI is InChI=1S/C24H31N3O2S/c1-18(27-15-9-19-5-2-3-6-21(19)17-27)24(29)26-13-10-20(11-14-26)23(28)25-12-8-22-7-4-16-30-22/h2-7,16,18,20H,8-15,17H2,1H3,(H,25,28). The van der Waals surface area contributed by atoms with Gasteiger partial charge < -0.3 is 10.2 Å². The highest BCUT2D eigenvalue weighted by atomic mass is 32.1. The van der Waals surface area contributed by atoms with E-state index in [0.29, 0.717) is 19.6 Å². The molecule has 1 atom stereocenters. The number of benzene rings is 1. The Morgan fingerprint density at radius 3 is 2.60 bits per heavy atom. The summed E-state index contributed by atoms with van der Waals surface area (Å²) in [4.78, 5) is 31.1. The van der Waals surface area contributed by atoms with Crippen LogP contribution in [0.3, 0.4) is 0 Å². The molecule has 0 aliphatic carbocycles. The second-order valence-electron chi connectivity index (χ2n) is 8.39. The highest BCUT2D eigenvalue weighted by molar-refractivity contribution is 7.09. The number of amides is 2. The fourth-order valence-corrected chi connectivity index (χ4v) is 5.25. The number of nitrogens with zero attached hydrogens (tertiary/aromatic N) is 2. The fraction of sp³-hybridized carbons (Fsp3) is 0.500. The molecule has 1 aromatic carbocycles. The molecule has 1 N–H and O–H groups in total. The van der Waals surface area contributed by atoms with E-state index in [1.165, 1.54) is 16.0 Å². The number of thiophene rings is 1. The van der Waals surface area contributed by atoms with Crippen LogP contribution in [0.2, 0.25) is 0 Å². The van der Waals surface area contributed by atoms with Gasteiger partial charge in [0.15, 0.2) is 0 Å². The topological polar surface area (TPSA) is 52.7 Å². The van der Waals surface area contributed by atoms with E-state index in [4.69, 9.17) is 0 Å². The van der Waals surface area contributed by atoms with Crippen molar-refractivity contribution in [1.29, 1.82) is 0 Å². The zero-order valence-corrected chi connectivity index (χ0v) is 18.5. The van der Waals surface area contributed by atoms with Gasteiger partial charge in [0, 0.05) is 43.5 Å². The van der Waals surface area contributed by atoms with Crippen molar-refractivity contribution in [3.05, 3.63) is 57.8 Å². The SMILES string of the molecule is CC(C(=O)N1CCC(C(=O)NCCc2cccs2)CC1)N1CCc2ccccc2C1. The third-order valence-corrected chi connectivity index (χ3v) is 7.43. The van der Waals surface area contributed by atoms with Crippen molar-refractivity contribution >= 4 is 23.2 Å². The molecule has 2 aromatic rings. The predicted octanol–water partition coefficient (Wildman–Crippen LogP) is 3.09. The summed E-state index contributed by atoms with van der Waals surface area (Å²) in [7, 11) is 0. The lowest BCUT2D eigenvalue weighted by atomic mass is 9.95. The van der Waals surface area contributed by atoms with Crippen LogP contribution in [0.1, 0.15) is 35.8 Å². The fourth-order valence-electron chi connectivity index (χ4n) is 4.54. The summed E-state index contributed by atoms with van der Waals surface area (Å²) < 4.78 is 0. The summed E-state index contributed by atoms with van der Waals surface area (Å²) >= 11 is 1.72. The number of hydrogen-bond donors (Lipinski definition) is 1. The van der Waals surface area contributed by atoms with Gasteiger partial charge in [0.1, 0.15) is 0 Å². The van der Waals surface area contributed by atoms with Crippen molar-refractivity contribution in [2.45, 2.75) is 45.2 Å². The van der Waals surface area contributed by atoms with E-state index in [1.54, 1.807) is 11.3 Å². The predicted molar refractivity (Wildman–Crippen MR) is 120 cm³/mol. The van der Waals surface area contributed by atoms with Crippen molar-refractivity contribution in [1.82, 2.24) is 15.1 Å². The molecule has 1 saturated heterocycles. The smallest absolute Gasteiger partial charge is 0.239 e. The lowest BCUT2D eigenvalue weighted by Crippen LogP contribution is -2.51. The third kappa shape index (κ3) is 4.93. The lowest BCUT2D eigenvalue weighted by molar-refractivity contribution is -0.140. The summed E-state index contributed by atoms with van der Waals surface area (Å²) in [6, 6.07) is 12.5. The molecule has 3 heterocycles. The maximum absolute atomic E-state index is 13.1. The lowest BCUT2D eigenvalue weighted by Gasteiger charge is -2.38. The van der Waals surface area contributed by atoms with Gasteiger partial charge >= 0.3 is 0 Å². The van der Waals surface area contributed by atoms with Crippen LogP contribution >= 0.6 is 11.3 Å². The third-order valence-electron chi connectivity index (χ3n) is 6.49. The number of carbonyl (C=O) groups is 2. The van der Waals surface area contributed by atoms with Gasteiger partial charge in [-0.15, -0.1) is 11.3 Å². The second-order valence-corrected chi connectivity index (χ2v) is 9.42. The minimum Gasteiger partial charge on any atom is -0.355 e. The number of carbonyl (C=O) groups excluding carboxylic acids is 2. The van der Waals surface area contributed by atoms with Gasteiger partial charge in [-0.3, -0.25) is 14.5 Å². The number of nitrogens with one attached hydrogen (secondary N) is 1. The van der Waals surface area contributed by atoms with Crippen LogP contribution in [0.15, 0.2) is 41.8 Å². The molecule has 1 unspecified atom stereocenters. The summed E-state index contributed by atoms with van der Waals surface area (Å²) in [5.41, 5.74) is 2.74. The second kappa shape index (κ2) is 9.75. The molecule has 2 aliphatic heterocycles. The molecular formula is C24H31N3O2S. The monoisotopic (exact) mass is 425 g/mol. The van der Waals surface area contributed by atoms with E-state index in [9.17, 15) is 9.59 Å². The molecule has 0 radical (unpaired) electrons. The van der Waals surface area contributed by atoms with Crippen LogP contribution in [0.25, 0.3) is 0 Å². The van der Waals surface area contributed by atoms with Crippen molar-refractivity contribution in [2.24, 2.45) is 5.92 Å². The molecule has 5 nitrogen and oxygen atoms in total. The molecule has 2 aliphatic rings. The van der Waals surface area contributed by atoms with E-state index >= 15 is 0 Å². The summed E-state index contributed by atoms with van der Waals surface area (Å²) in [5.74, 6) is 0.361. The van der Waals surface area contributed by atoms with Gasteiger partial charge in [-0.05, 0) is 55.2 Å². The van der Waals surface area contributed by atoms with Crippen LogP contribution in [0.5, 0.6) is 0 Å². The zero-order valence-electron chi connectivity index (χ0n) is 17.7. The average molecular weight is 426 g/mol. The highest BCUT2D eigenvalue weighted by Crippen LogP contribution is 2.23. The Kier molecular flexibility index (Phi) is 6.85. The minimum absolute atomic E-state index is 0.0227. The number of piperidine rings is 1. The van der Waals surface area contributed by atoms with Gasteiger partial charge in [0.25, 0.3) is 0 Å². The summed E-state index contributed by atoms with van der Waals surface area (Å²) in [6.45, 7) is 5.83. The molecule has 0 bridgehead atoms. The Labute approximate surface area is 183 Å². The molecule has 1 fully saturated rings. The number of likely N-dealkylation sites (tertiary alicyclic amines) is 1. The van der Waals surface area contributed by atoms with Gasteiger partial charge in [-0.2, -0.15) is 0 Å². The normalized spacial score (nSPS) is 18.6. The maximum Gasteiger partial charge on any atom is 0.239 e. The Bertz CT molecular complexity index is 859.